The van der Waals surface area contributed by atoms with E-state index in [1.165, 1.54) is 5.56 Å². The minimum absolute atomic E-state index is 0.192. The zero-order valence-electron chi connectivity index (χ0n) is 18.3. The second-order valence-corrected chi connectivity index (χ2v) is 8.64. The molecule has 3 aromatic rings. The Labute approximate surface area is 198 Å². The van der Waals surface area contributed by atoms with Crippen LogP contribution in [0.25, 0.3) is 0 Å². The van der Waals surface area contributed by atoms with Crippen molar-refractivity contribution in [2.45, 2.75) is 38.0 Å². The molecule has 33 heavy (non-hydrogen) atoms. The molecule has 0 bridgehead atoms. The molecule has 3 aromatic carbocycles. The van der Waals surface area contributed by atoms with Gasteiger partial charge in [0.15, 0.2) is 0 Å². The maximum absolute atomic E-state index is 12.8. The normalized spacial score (nSPS) is 15.5. The first-order chi connectivity index (χ1) is 16.1. The molecule has 1 fully saturated rings. The van der Waals surface area contributed by atoms with E-state index in [2.05, 4.69) is 40.1 Å². The number of hydrogen-bond acceptors (Lipinski definition) is 3. The Hall–Kier alpha value is -3.44. The van der Waals surface area contributed by atoms with Crippen molar-refractivity contribution >= 4 is 34.8 Å². The highest BCUT2D eigenvalue weighted by atomic mass is 35.5. The van der Waals surface area contributed by atoms with E-state index in [4.69, 9.17) is 11.6 Å². The van der Waals surface area contributed by atoms with Gasteiger partial charge >= 0.3 is 0 Å². The van der Waals surface area contributed by atoms with Crippen LogP contribution in [0.15, 0.2) is 84.0 Å². The molecule has 1 aliphatic rings. The molecule has 2 amide bonds. The molecule has 0 aromatic heterocycles. The number of anilines is 1. The lowest BCUT2D eigenvalue weighted by Gasteiger charge is -2.23. The van der Waals surface area contributed by atoms with E-state index < -0.39 is 0 Å². The lowest BCUT2D eigenvalue weighted by atomic mass is 9.83. The quantitative estimate of drug-likeness (QED) is 0.446. The monoisotopic (exact) mass is 459 g/mol. The predicted octanol–water partition coefficient (Wildman–Crippen LogP) is 5.96. The highest BCUT2D eigenvalue weighted by Crippen LogP contribution is 2.31. The van der Waals surface area contributed by atoms with Crippen LogP contribution in [0.5, 0.6) is 0 Å². The third-order valence-electron chi connectivity index (χ3n) is 5.87. The van der Waals surface area contributed by atoms with Crippen molar-refractivity contribution in [2.75, 3.05) is 5.32 Å². The number of halogens is 1. The number of hydrogen-bond donors (Lipinski definition) is 2. The summed E-state index contributed by atoms with van der Waals surface area (Å²) < 4.78 is 0. The van der Waals surface area contributed by atoms with Crippen molar-refractivity contribution in [2.24, 2.45) is 5.10 Å². The van der Waals surface area contributed by atoms with E-state index >= 15 is 0 Å². The predicted molar refractivity (Wildman–Crippen MR) is 133 cm³/mol. The molecule has 0 spiro atoms. The van der Waals surface area contributed by atoms with E-state index in [0.717, 1.165) is 37.0 Å². The fourth-order valence-corrected chi connectivity index (χ4v) is 4.21. The molecule has 2 N–H and O–H groups in total. The van der Waals surface area contributed by atoms with Gasteiger partial charge in [-0.1, -0.05) is 66.2 Å². The molecule has 0 radical (unpaired) electrons. The standard InChI is InChI=1S/C27H26ClN3O2/c28-22-14-10-19(11-15-22)18-26(32)29-25-9-5-4-8-24(25)27(33)31-30-23-16-12-21(13-17-23)20-6-2-1-3-7-20/h1-11,14-15,21H,12-13,16-18H2,(H,29,32)(H,31,33). The van der Waals surface area contributed by atoms with Crippen LogP contribution in [-0.2, 0) is 11.2 Å². The summed E-state index contributed by atoms with van der Waals surface area (Å²) in [6.07, 6.45) is 3.96. The van der Waals surface area contributed by atoms with Crippen LogP contribution < -0.4 is 10.7 Å². The lowest BCUT2D eigenvalue weighted by Crippen LogP contribution is -2.24. The molecule has 0 heterocycles. The number of carbonyl (C=O) groups is 2. The third-order valence-corrected chi connectivity index (χ3v) is 6.12. The van der Waals surface area contributed by atoms with Gasteiger partial charge in [-0.15, -0.1) is 0 Å². The Bertz CT molecular complexity index is 1130. The van der Waals surface area contributed by atoms with E-state index in [1.807, 2.05) is 18.2 Å². The number of hydrazone groups is 1. The van der Waals surface area contributed by atoms with Gasteiger partial charge in [-0.3, -0.25) is 9.59 Å². The first-order valence-corrected chi connectivity index (χ1v) is 11.5. The Morgan fingerprint density at radius 1 is 0.879 bits per heavy atom. The highest BCUT2D eigenvalue weighted by Gasteiger charge is 2.20. The number of benzene rings is 3. The van der Waals surface area contributed by atoms with Crippen molar-refractivity contribution in [1.82, 2.24) is 5.43 Å². The first kappa shape index (κ1) is 22.7. The molecule has 1 saturated carbocycles. The van der Waals surface area contributed by atoms with Gasteiger partial charge in [-0.2, -0.15) is 5.10 Å². The van der Waals surface area contributed by atoms with Crippen molar-refractivity contribution in [3.63, 3.8) is 0 Å². The second kappa shape index (κ2) is 10.9. The molecular weight excluding hydrogens is 434 g/mol. The molecule has 168 valence electrons. The minimum atomic E-state index is -0.338. The highest BCUT2D eigenvalue weighted by molar-refractivity contribution is 6.30. The van der Waals surface area contributed by atoms with E-state index in [-0.39, 0.29) is 18.2 Å². The van der Waals surface area contributed by atoms with E-state index in [9.17, 15) is 9.59 Å². The summed E-state index contributed by atoms with van der Waals surface area (Å²) >= 11 is 5.90. The number of para-hydroxylation sites is 1. The van der Waals surface area contributed by atoms with Gasteiger partial charge in [0.05, 0.1) is 17.7 Å². The van der Waals surface area contributed by atoms with E-state index in [1.54, 1.807) is 36.4 Å². The number of rotatable bonds is 6. The first-order valence-electron chi connectivity index (χ1n) is 11.1. The van der Waals surface area contributed by atoms with Crippen LogP contribution in [0.4, 0.5) is 5.69 Å². The number of nitrogens with zero attached hydrogens (tertiary/aromatic N) is 1. The van der Waals surface area contributed by atoms with Gasteiger partial charge in [-0.05, 0) is 67.0 Å². The fraction of sp³-hybridized carbons (Fsp3) is 0.222. The zero-order chi connectivity index (χ0) is 23.0. The van der Waals surface area contributed by atoms with Crippen molar-refractivity contribution < 1.29 is 9.59 Å². The summed E-state index contributed by atoms with van der Waals surface area (Å²) in [5.41, 5.74) is 6.72. The van der Waals surface area contributed by atoms with Crippen molar-refractivity contribution in [1.29, 1.82) is 0 Å². The van der Waals surface area contributed by atoms with Gasteiger partial charge < -0.3 is 5.32 Å². The van der Waals surface area contributed by atoms with Gasteiger partial charge in [0.25, 0.3) is 5.91 Å². The van der Waals surface area contributed by atoms with Crippen LogP contribution in [0.3, 0.4) is 0 Å². The summed E-state index contributed by atoms with van der Waals surface area (Å²) in [6, 6.07) is 24.6. The molecule has 4 rings (SSSR count). The molecule has 5 nitrogen and oxygen atoms in total. The molecule has 0 aliphatic heterocycles. The number of amides is 2. The number of nitrogens with one attached hydrogen (secondary N) is 2. The maximum atomic E-state index is 12.8. The van der Waals surface area contributed by atoms with Crippen LogP contribution in [-0.4, -0.2) is 17.5 Å². The van der Waals surface area contributed by atoms with Crippen LogP contribution in [0.2, 0.25) is 5.02 Å². The SMILES string of the molecule is O=C(Cc1ccc(Cl)cc1)Nc1ccccc1C(=O)NN=C1CCC(c2ccccc2)CC1. The summed E-state index contributed by atoms with van der Waals surface area (Å²) in [6.45, 7) is 0. The Morgan fingerprint density at radius 2 is 1.55 bits per heavy atom. The molecule has 0 atom stereocenters. The average Bonchev–Trinajstić information content (AvgIpc) is 2.85. The average molecular weight is 460 g/mol. The van der Waals surface area contributed by atoms with Gasteiger partial charge in [-0.25, -0.2) is 5.43 Å². The Morgan fingerprint density at radius 3 is 2.27 bits per heavy atom. The topological polar surface area (TPSA) is 70.6 Å². The zero-order valence-corrected chi connectivity index (χ0v) is 19.0. The summed E-state index contributed by atoms with van der Waals surface area (Å²) in [4.78, 5) is 25.3. The van der Waals surface area contributed by atoms with Crippen molar-refractivity contribution in [3.05, 3.63) is 101 Å². The van der Waals surface area contributed by atoms with Crippen molar-refractivity contribution in [3.8, 4) is 0 Å². The smallest absolute Gasteiger partial charge is 0.273 e. The fourth-order valence-electron chi connectivity index (χ4n) is 4.08. The lowest BCUT2D eigenvalue weighted by molar-refractivity contribution is -0.115. The molecule has 6 heteroatoms. The summed E-state index contributed by atoms with van der Waals surface area (Å²) in [5.74, 6) is -0.00405. The third kappa shape index (κ3) is 6.30. The van der Waals surface area contributed by atoms with Gasteiger partial charge in [0, 0.05) is 10.7 Å². The largest absolute Gasteiger partial charge is 0.325 e. The Balaban J connectivity index is 1.34. The maximum Gasteiger partial charge on any atom is 0.273 e. The molecular formula is C27H26ClN3O2. The summed E-state index contributed by atoms with van der Waals surface area (Å²) in [5, 5.41) is 7.83. The van der Waals surface area contributed by atoms with Gasteiger partial charge in [0.1, 0.15) is 0 Å². The van der Waals surface area contributed by atoms with Crippen LogP contribution in [0.1, 0.15) is 53.1 Å². The van der Waals surface area contributed by atoms with E-state index in [0.29, 0.717) is 22.2 Å². The molecule has 0 saturated heterocycles. The molecule has 1 aliphatic carbocycles. The number of carbonyl (C=O) groups excluding carboxylic acids is 2. The van der Waals surface area contributed by atoms with Gasteiger partial charge in [0.2, 0.25) is 5.91 Å². The van der Waals surface area contributed by atoms with Crippen LogP contribution in [0, 0.1) is 0 Å². The minimum Gasteiger partial charge on any atom is -0.325 e. The Kier molecular flexibility index (Phi) is 7.53. The second-order valence-electron chi connectivity index (χ2n) is 8.20. The summed E-state index contributed by atoms with van der Waals surface area (Å²) in [7, 11) is 0. The molecule has 0 unspecified atom stereocenters. The van der Waals surface area contributed by atoms with Crippen LogP contribution >= 0.6 is 11.6 Å².